The third-order valence-electron chi connectivity index (χ3n) is 5.11. The highest BCUT2D eigenvalue weighted by Crippen LogP contribution is 2.29. The standard InChI is InChI=1S/C21H22FN3O2/c1-12-11-18(14(3)27-12)13(2)23-21(26)20-17-5-4-6-19(17)25(24-20)16-9-7-15(22)8-10-16/h7-11,13H,4-6H2,1-3H3,(H,23,26). The van der Waals surface area contributed by atoms with Crippen LogP contribution in [0.1, 0.15) is 58.2 Å². The maximum atomic E-state index is 13.2. The third kappa shape index (κ3) is 3.16. The fraction of sp³-hybridized carbons (Fsp3) is 0.333. The van der Waals surface area contributed by atoms with E-state index in [1.54, 1.807) is 16.8 Å². The molecule has 0 fully saturated rings. The average Bonchev–Trinajstić information content (AvgIpc) is 3.30. The number of hydrogen-bond acceptors (Lipinski definition) is 3. The van der Waals surface area contributed by atoms with E-state index in [0.29, 0.717) is 5.69 Å². The van der Waals surface area contributed by atoms with E-state index in [9.17, 15) is 9.18 Å². The smallest absolute Gasteiger partial charge is 0.272 e. The van der Waals surface area contributed by atoms with Crippen LogP contribution in [0.2, 0.25) is 0 Å². The zero-order valence-electron chi connectivity index (χ0n) is 15.7. The van der Waals surface area contributed by atoms with Gasteiger partial charge in [-0.2, -0.15) is 5.10 Å². The summed E-state index contributed by atoms with van der Waals surface area (Å²) >= 11 is 0. The zero-order valence-corrected chi connectivity index (χ0v) is 15.7. The number of carbonyl (C=O) groups excluding carboxylic acids is 1. The van der Waals surface area contributed by atoms with E-state index in [0.717, 1.165) is 53.3 Å². The number of carbonyl (C=O) groups is 1. The van der Waals surface area contributed by atoms with Gasteiger partial charge < -0.3 is 9.73 Å². The number of amides is 1. The van der Waals surface area contributed by atoms with Crippen LogP contribution in [0.4, 0.5) is 4.39 Å². The summed E-state index contributed by atoms with van der Waals surface area (Å²) in [5, 5.41) is 7.60. The molecule has 140 valence electrons. The van der Waals surface area contributed by atoms with Crippen LogP contribution in [0.3, 0.4) is 0 Å². The molecule has 5 nitrogen and oxygen atoms in total. The summed E-state index contributed by atoms with van der Waals surface area (Å²) in [4.78, 5) is 12.9. The summed E-state index contributed by atoms with van der Waals surface area (Å²) in [6.45, 7) is 5.72. The first-order valence-electron chi connectivity index (χ1n) is 9.18. The largest absolute Gasteiger partial charge is 0.466 e. The van der Waals surface area contributed by atoms with Gasteiger partial charge in [0.05, 0.1) is 11.7 Å². The Balaban J connectivity index is 1.64. The Morgan fingerprint density at radius 1 is 1.26 bits per heavy atom. The summed E-state index contributed by atoms with van der Waals surface area (Å²) in [6.07, 6.45) is 2.68. The first-order valence-corrected chi connectivity index (χ1v) is 9.18. The highest BCUT2D eigenvalue weighted by Gasteiger charge is 2.28. The van der Waals surface area contributed by atoms with Crippen molar-refractivity contribution < 1.29 is 13.6 Å². The Bertz CT molecular complexity index is 1000. The van der Waals surface area contributed by atoms with E-state index in [2.05, 4.69) is 10.4 Å². The lowest BCUT2D eigenvalue weighted by molar-refractivity contribution is 0.0933. The number of furan rings is 1. The minimum absolute atomic E-state index is 0.178. The summed E-state index contributed by atoms with van der Waals surface area (Å²) < 4.78 is 20.6. The number of aromatic nitrogens is 2. The van der Waals surface area contributed by atoms with E-state index in [1.807, 2.05) is 26.8 Å². The molecule has 0 bridgehead atoms. The Morgan fingerprint density at radius 3 is 2.67 bits per heavy atom. The maximum Gasteiger partial charge on any atom is 0.272 e. The van der Waals surface area contributed by atoms with Crippen LogP contribution in [0.5, 0.6) is 0 Å². The van der Waals surface area contributed by atoms with Gasteiger partial charge in [-0.3, -0.25) is 4.79 Å². The first kappa shape index (κ1) is 17.5. The van der Waals surface area contributed by atoms with Crippen molar-refractivity contribution in [3.8, 4) is 5.69 Å². The average molecular weight is 367 g/mol. The maximum absolute atomic E-state index is 13.2. The van der Waals surface area contributed by atoms with Gasteiger partial charge in [-0.1, -0.05) is 0 Å². The lowest BCUT2D eigenvalue weighted by Gasteiger charge is -2.12. The van der Waals surface area contributed by atoms with E-state index in [4.69, 9.17) is 4.42 Å². The molecule has 1 aliphatic rings. The quantitative estimate of drug-likeness (QED) is 0.752. The van der Waals surface area contributed by atoms with Gasteiger partial charge in [0.1, 0.15) is 17.3 Å². The molecule has 3 aromatic rings. The molecule has 2 aromatic heterocycles. The Morgan fingerprint density at radius 2 is 2.00 bits per heavy atom. The number of aryl methyl sites for hydroxylation is 2. The highest BCUT2D eigenvalue weighted by atomic mass is 19.1. The van der Waals surface area contributed by atoms with Gasteiger partial charge in [0.25, 0.3) is 5.91 Å². The van der Waals surface area contributed by atoms with Crippen LogP contribution >= 0.6 is 0 Å². The molecule has 1 amide bonds. The SMILES string of the molecule is Cc1cc(C(C)NC(=O)c2nn(-c3ccc(F)cc3)c3c2CCC3)c(C)o1. The number of nitrogens with zero attached hydrogens (tertiary/aromatic N) is 2. The summed E-state index contributed by atoms with van der Waals surface area (Å²) in [7, 11) is 0. The number of rotatable bonds is 4. The molecule has 0 saturated carbocycles. The van der Waals surface area contributed by atoms with Crippen molar-refractivity contribution in [1.82, 2.24) is 15.1 Å². The molecule has 2 heterocycles. The molecule has 0 aliphatic heterocycles. The topological polar surface area (TPSA) is 60.1 Å². The lowest BCUT2D eigenvalue weighted by Crippen LogP contribution is -2.28. The molecule has 0 radical (unpaired) electrons. The van der Waals surface area contributed by atoms with Crippen LogP contribution in [-0.4, -0.2) is 15.7 Å². The minimum Gasteiger partial charge on any atom is -0.466 e. The lowest BCUT2D eigenvalue weighted by atomic mass is 10.1. The normalized spacial score (nSPS) is 14.2. The van der Waals surface area contributed by atoms with Gasteiger partial charge in [-0.15, -0.1) is 0 Å². The number of hydrogen-bond donors (Lipinski definition) is 1. The van der Waals surface area contributed by atoms with Gasteiger partial charge in [0.15, 0.2) is 5.69 Å². The van der Waals surface area contributed by atoms with E-state index >= 15 is 0 Å². The number of halogens is 1. The van der Waals surface area contributed by atoms with Crippen LogP contribution in [0, 0.1) is 19.7 Å². The van der Waals surface area contributed by atoms with Crippen molar-refractivity contribution in [3.63, 3.8) is 0 Å². The van der Waals surface area contributed by atoms with Gasteiger partial charge in [0.2, 0.25) is 0 Å². The summed E-state index contributed by atoms with van der Waals surface area (Å²) in [6, 6.07) is 7.95. The van der Waals surface area contributed by atoms with Crippen LogP contribution < -0.4 is 5.32 Å². The number of nitrogens with one attached hydrogen (secondary N) is 1. The van der Waals surface area contributed by atoms with Crippen molar-refractivity contribution in [2.75, 3.05) is 0 Å². The number of benzene rings is 1. The fourth-order valence-corrected chi connectivity index (χ4v) is 3.84. The third-order valence-corrected chi connectivity index (χ3v) is 5.11. The predicted molar refractivity (Wildman–Crippen MR) is 99.6 cm³/mol. The summed E-state index contributed by atoms with van der Waals surface area (Å²) in [5.74, 6) is 1.15. The van der Waals surface area contributed by atoms with E-state index < -0.39 is 0 Å². The van der Waals surface area contributed by atoms with Crippen LogP contribution in [0.25, 0.3) is 5.69 Å². The van der Waals surface area contributed by atoms with E-state index in [-0.39, 0.29) is 17.8 Å². The van der Waals surface area contributed by atoms with Crippen LogP contribution in [0.15, 0.2) is 34.7 Å². The molecule has 0 spiro atoms. The monoisotopic (exact) mass is 367 g/mol. The van der Waals surface area contributed by atoms with Crippen molar-refractivity contribution >= 4 is 5.91 Å². The molecule has 0 saturated heterocycles. The Kier molecular flexibility index (Phi) is 4.34. The first-order chi connectivity index (χ1) is 12.9. The number of fused-ring (bicyclic) bond motifs is 1. The molecule has 27 heavy (non-hydrogen) atoms. The fourth-order valence-electron chi connectivity index (χ4n) is 3.84. The molecule has 4 rings (SSSR count). The second-order valence-electron chi connectivity index (χ2n) is 7.08. The van der Waals surface area contributed by atoms with Gasteiger partial charge >= 0.3 is 0 Å². The van der Waals surface area contributed by atoms with Crippen molar-refractivity contribution in [1.29, 1.82) is 0 Å². The highest BCUT2D eigenvalue weighted by molar-refractivity contribution is 5.94. The predicted octanol–water partition coefficient (Wildman–Crippen LogP) is 4.20. The summed E-state index contributed by atoms with van der Waals surface area (Å²) in [5.41, 5.74) is 4.22. The molecule has 1 aliphatic carbocycles. The van der Waals surface area contributed by atoms with E-state index in [1.165, 1.54) is 12.1 Å². The van der Waals surface area contributed by atoms with Crippen molar-refractivity contribution in [2.24, 2.45) is 0 Å². The van der Waals surface area contributed by atoms with Crippen molar-refractivity contribution in [2.45, 2.75) is 46.1 Å². The second-order valence-corrected chi connectivity index (χ2v) is 7.08. The molecule has 6 heteroatoms. The Hall–Kier alpha value is -2.89. The van der Waals surface area contributed by atoms with Gasteiger partial charge in [-0.05, 0) is 70.4 Å². The molecular weight excluding hydrogens is 345 g/mol. The molecule has 1 aromatic carbocycles. The molecule has 1 atom stereocenters. The molecule has 1 unspecified atom stereocenters. The van der Waals surface area contributed by atoms with Crippen LogP contribution in [-0.2, 0) is 12.8 Å². The molecular formula is C21H22FN3O2. The Labute approximate surface area is 157 Å². The van der Waals surface area contributed by atoms with Gasteiger partial charge in [0, 0.05) is 16.8 Å². The zero-order chi connectivity index (χ0) is 19.1. The minimum atomic E-state index is -0.292. The van der Waals surface area contributed by atoms with Crippen molar-refractivity contribution in [3.05, 3.63) is 70.2 Å². The second kappa shape index (κ2) is 6.68. The van der Waals surface area contributed by atoms with Gasteiger partial charge in [-0.25, -0.2) is 9.07 Å². The molecule has 1 N–H and O–H groups in total.